The van der Waals surface area contributed by atoms with Gasteiger partial charge in [-0.05, 0) is 50.8 Å². The molecule has 7 heterocycles. The van der Waals surface area contributed by atoms with Crippen LogP contribution in [0.3, 0.4) is 0 Å². The van der Waals surface area contributed by atoms with Gasteiger partial charge in [0.05, 0.1) is 22.6 Å². The number of halogens is 3. The highest BCUT2D eigenvalue weighted by Crippen LogP contribution is 2.42. The summed E-state index contributed by atoms with van der Waals surface area (Å²) < 4.78 is 37.3. The quantitative estimate of drug-likeness (QED) is 0.355. The van der Waals surface area contributed by atoms with Gasteiger partial charge in [0.1, 0.15) is 29.8 Å². The first-order chi connectivity index (χ1) is 19.9. The lowest BCUT2D eigenvalue weighted by atomic mass is 9.95. The molecule has 4 fully saturated rings. The number of aromatic nitrogens is 5. The highest BCUT2D eigenvalue weighted by Gasteiger charge is 2.49. The lowest BCUT2D eigenvalue weighted by molar-refractivity contribution is 0.107. The molecular formula is C29H31ClF2N8O. The molecule has 9 nitrogen and oxygen atoms in total. The van der Waals surface area contributed by atoms with Crippen LogP contribution in [-0.4, -0.2) is 86.6 Å². The smallest absolute Gasteiger partial charge is 0.319 e. The number of hydrogen-bond donors (Lipinski definition) is 2. The topological polar surface area (TPSA) is 95.1 Å². The predicted molar refractivity (Wildman–Crippen MR) is 153 cm³/mol. The number of benzene rings is 1. The van der Waals surface area contributed by atoms with E-state index in [9.17, 15) is 4.39 Å². The Bertz CT molecular complexity index is 1670. The molecule has 2 bridgehead atoms. The fraction of sp³-hybridized carbons (Fsp3) is 0.517. The number of nitrogens with one attached hydrogen (secondary N) is 2. The molecule has 12 heteroatoms. The summed E-state index contributed by atoms with van der Waals surface area (Å²) >= 11 is 6.53. The van der Waals surface area contributed by atoms with Gasteiger partial charge in [-0.3, -0.25) is 15.0 Å². The van der Waals surface area contributed by atoms with E-state index in [1.807, 2.05) is 6.92 Å². The minimum Gasteiger partial charge on any atom is -0.461 e. The van der Waals surface area contributed by atoms with E-state index in [4.69, 9.17) is 21.3 Å². The average molecular weight is 581 g/mol. The zero-order valence-electron chi connectivity index (χ0n) is 22.8. The molecule has 0 aliphatic carbocycles. The van der Waals surface area contributed by atoms with Gasteiger partial charge in [-0.15, -0.1) is 0 Å². The standard InChI is InChI=1S/C29H31ClF2N8O/c1-15-21(30)7-22-19(10-34-38-22)23(15)26-24(32)25-20(9-33-26)27(39-12-17-3-4-18(13-39)35-17)37-28(36-25)41-14-29-5-2-6-40(29)11-16(31)8-29/h7,9-10,16-18,35H,2-6,8,11-14H2,1H3,(H,34,38)/t16?,17-,18+,29?. The van der Waals surface area contributed by atoms with Crippen molar-refractivity contribution in [2.24, 2.45) is 0 Å². The molecule has 4 aliphatic heterocycles. The lowest BCUT2D eigenvalue weighted by Crippen LogP contribution is -2.51. The number of piperazine rings is 1. The fourth-order valence-electron chi connectivity index (χ4n) is 7.59. The van der Waals surface area contributed by atoms with E-state index >= 15 is 4.39 Å². The molecule has 4 atom stereocenters. The van der Waals surface area contributed by atoms with Crippen molar-refractivity contribution < 1.29 is 13.5 Å². The monoisotopic (exact) mass is 580 g/mol. The second-order valence-corrected chi connectivity index (χ2v) is 12.5. The molecule has 2 unspecified atom stereocenters. The normalized spacial score (nSPS) is 27.8. The highest BCUT2D eigenvalue weighted by atomic mass is 35.5. The largest absolute Gasteiger partial charge is 0.461 e. The van der Waals surface area contributed by atoms with Gasteiger partial charge >= 0.3 is 6.01 Å². The fourth-order valence-corrected chi connectivity index (χ4v) is 7.79. The summed E-state index contributed by atoms with van der Waals surface area (Å²) in [6, 6.07) is 2.60. The van der Waals surface area contributed by atoms with Crippen molar-refractivity contribution in [3.8, 4) is 17.3 Å². The molecular weight excluding hydrogens is 550 g/mol. The molecule has 0 amide bonds. The number of ether oxygens (including phenoxy) is 1. The number of hydrogen-bond acceptors (Lipinski definition) is 8. The van der Waals surface area contributed by atoms with Crippen LogP contribution in [0.5, 0.6) is 6.01 Å². The van der Waals surface area contributed by atoms with E-state index in [1.54, 1.807) is 18.5 Å². The number of rotatable bonds is 5. The number of H-pyrrole nitrogens is 1. The molecule has 1 aromatic carbocycles. The van der Waals surface area contributed by atoms with E-state index in [0.29, 0.717) is 57.9 Å². The average Bonchev–Trinajstić information content (AvgIpc) is 3.72. The van der Waals surface area contributed by atoms with Crippen LogP contribution in [-0.2, 0) is 0 Å². The van der Waals surface area contributed by atoms with Crippen LogP contribution < -0.4 is 15.0 Å². The van der Waals surface area contributed by atoms with Gasteiger partial charge in [-0.25, -0.2) is 8.78 Å². The maximum absolute atomic E-state index is 16.6. The summed E-state index contributed by atoms with van der Waals surface area (Å²) in [4.78, 5) is 18.5. The van der Waals surface area contributed by atoms with Crippen molar-refractivity contribution in [2.45, 2.75) is 62.8 Å². The zero-order chi connectivity index (χ0) is 27.9. The number of anilines is 1. The Morgan fingerprint density at radius 3 is 2.80 bits per heavy atom. The first-order valence-corrected chi connectivity index (χ1v) is 14.8. The van der Waals surface area contributed by atoms with Crippen LogP contribution in [0.4, 0.5) is 14.6 Å². The van der Waals surface area contributed by atoms with E-state index in [2.05, 4.69) is 35.3 Å². The third kappa shape index (κ3) is 4.07. The van der Waals surface area contributed by atoms with E-state index in [0.717, 1.165) is 50.7 Å². The van der Waals surface area contributed by atoms with E-state index in [-0.39, 0.29) is 29.4 Å². The third-order valence-corrected chi connectivity index (χ3v) is 9.96. The summed E-state index contributed by atoms with van der Waals surface area (Å²) in [5.41, 5.74) is 1.91. The van der Waals surface area contributed by atoms with Gasteiger partial charge in [-0.1, -0.05) is 11.6 Å². The molecule has 0 spiro atoms. The molecule has 4 aromatic rings. The summed E-state index contributed by atoms with van der Waals surface area (Å²) in [5, 5.41) is 12.5. The van der Waals surface area contributed by atoms with Gasteiger partial charge in [0.2, 0.25) is 0 Å². The maximum atomic E-state index is 16.6. The molecule has 3 aromatic heterocycles. The Kier molecular flexibility index (Phi) is 5.88. The number of alkyl halides is 1. The molecule has 214 valence electrons. The first kappa shape index (κ1) is 25.6. The van der Waals surface area contributed by atoms with Gasteiger partial charge in [-0.2, -0.15) is 15.1 Å². The van der Waals surface area contributed by atoms with Crippen molar-refractivity contribution in [1.82, 2.24) is 35.4 Å². The Labute approximate surface area is 240 Å². The Hall–Kier alpha value is -3.15. The molecule has 0 radical (unpaired) electrons. The SMILES string of the molecule is Cc1c(Cl)cc2[nH]ncc2c1-c1ncc2c(N3C[C@H]4CC[C@@H](C3)N4)nc(OCC34CCCN3CC(F)C4)nc2c1F. The van der Waals surface area contributed by atoms with E-state index in [1.165, 1.54) is 0 Å². The van der Waals surface area contributed by atoms with Crippen molar-refractivity contribution in [1.29, 1.82) is 0 Å². The van der Waals surface area contributed by atoms with Crippen LogP contribution in [0.1, 0.15) is 37.7 Å². The minimum absolute atomic E-state index is 0.106. The van der Waals surface area contributed by atoms with Crippen LogP contribution in [0, 0.1) is 12.7 Å². The number of nitrogens with zero attached hydrogens (tertiary/aromatic N) is 6. The molecule has 0 saturated carbocycles. The van der Waals surface area contributed by atoms with Gasteiger partial charge in [0, 0.05) is 60.3 Å². The van der Waals surface area contributed by atoms with E-state index < -0.39 is 12.0 Å². The lowest BCUT2D eigenvalue weighted by Gasteiger charge is -2.34. The van der Waals surface area contributed by atoms with Crippen molar-refractivity contribution in [3.63, 3.8) is 0 Å². The molecule has 2 N–H and O–H groups in total. The maximum Gasteiger partial charge on any atom is 0.319 e. The summed E-state index contributed by atoms with van der Waals surface area (Å²) in [6.45, 7) is 4.93. The number of aromatic amines is 1. The predicted octanol–water partition coefficient (Wildman–Crippen LogP) is 4.56. The summed E-state index contributed by atoms with van der Waals surface area (Å²) in [6.07, 6.45) is 6.96. The van der Waals surface area contributed by atoms with Crippen molar-refractivity contribution >= 4 is 39.2 Å². The summed E-state index contributed by atoms with van der Waals surface area (Å²) in [5.74, 6) is 0.0560. The number of fused-ring (bicyclic) bond motifs is 5. The second kappa shape index (κ2) is 9.43. The van der Waals surface area contributed by atoms with Crippen molar-refractivity contribution in [3.05, 3.63) is 34.9 Å². The molecule has 8 rings (SSSR count). The highest BCUT2D eigenvalue weighted by molar-refractivity contribution is 6.32. The van der Waals surface area contributed by atoms with Crippen LogP contribution in [0.25, 0.3) is 33.1 Å². The second-order valence-electron chi connectivity index (χ2n) is 12.1. The molecule has 4 aliphatic rings. The zero-order valence-corrected chi connectivity index (χ0v) is 23.5. The van der Waals surface area contributed by atoms with Gasteiger partial charge in [0.15, 0.2) is 5.82 Å². The Morgan fingerprint density at radius 2 is 1.98 bits per heavy atom. The minimum atomic E-state index is -0.866. The van der Waals surface area contributed by atoms with Gasteiger partial charge < -0.3 is 15.0 Å². The van der Waals surface area contributed by atoms with Crippen LogP contribution >= 0.6 is 11.6 Å². The van der Waals surface area contributed by atoms with Crippen LogP contribution in [0.2, 0.25) is 5.02 Å². The first-order valence-electron chi connectivity index (χ1n) is 14.4. The number of pyridine rings is 1. The molecule has 41 heavy (non-hydrogen) atoms. The Balaban J connectivity index is 1.25. The van der Waals surface area contributed by atoms with Crippen molar-refractivity contribution in [2.75, 3.05) is 37.7 Å². The summed E-state index contributed by atoms with van der Waals surface area (Å²) in [7, 11) is 0. The van der Waals surface area contributed by atoms with Gasteiger partial charge in [0.25, 0.3) is 0 Å². The third-order valence-electron chi connectivity index (χ3n) is 9.57. The molecule has 4 saturated heterocycles. The van der Waals surface area contributed by atoms with Crippen LogP contribution in [0.15, 0.2) is 18.5 Å². The Morgan fingerprint density at radius 1 is 1.15 bits per heavy atom.